The van der Waals surface area contributed by atoms with E-state index in [1.54, 1.807) is 41.4 Å². The third-order valence-corrected chi connectivity index (χ3v) is 5.83. The Morgan fingerprint density at radius 2 is 2.10 bits per heavy atom. The van der Waals surface area contributed by atoms with Crippen LogP contribution in [0, 0.1) is 0 Å². The van der Waals surface area contributed by atoms with Gasteiger partial charge >= 0.3 is 6.18 Å². The summed E-state index contributed by atoms with van der Waals surface area (Å²) < 4.78 is 43.4. The quantitative estimate of drug-likeness (QED) is 0.455. The van der Waals surface area contributed by atoms with Crippen LogP contribution in [-0.2, 0) is 12.7 Å². The Labute approximate surface area is 183 Å². The minimum absolute atomic E-state index is 0.0991. The van der Waals surface area contributed by atoms with Crippen molar-refractivity contribution in [2.75, 3.05) is 0 Å². The second kappa shape index (κ2) is 7.97. The Kier molecular flexibility index (Phi) is 5.48. The van der Waals surface area contributed by atoms with Gasteiger partial charge in [-0.15, -0.1) is 11.3 Å². The van der Waals surface area contributed by atoms with E-state index in [-0.39, 0.29) is 22.1 Å². The monoisotopic (exact) mass is 468 g/mol. The SMILES string of the molecule is CCn1ccc([C@@H](C)NC(=O)c2nn3c(C(F)(F)F)cc(-c4cccs4)nc3c2Cl)n1. The first kappa shape index (κ1) is 21.3. The van der Waals surface area contributed by atoms with Gasteiger partial charge in [0.05, 0.1) is 22.3 Å². The lowest BCUT2D eigenvalue weighted by Crippen LogP contribution is -2.27. The van der Waals surface area contributed by atoms with Crippen LogP contribution in [-0.4, -0.2) is 30.3 Å². The molecule has 4 aromatic rings. The van der Waals surface area contributed by atoms with E-state index in [1.807, 2.05) is 6.92 Å². The van der Waals surface area contributed by atoms with Gasteiger partial charge in [-0.1, -0.05) is 17.7 Å². The van der Waals surface area contributed by atoms with Crippen molar-refractivity contribution < 1.29 is 18.0 Å². The second-order valence-corrected chi connectivity index (χ2v) is 8.02. The Hall–Kier alpha value is -2.92. The molecule has 0 saturated heterocycles. The van der Waals surface area contributed by atoms with E-state index >= 15 is 0 Å². The molecule has 0 saturated carbocycles. The zero-order valence-electron chi connectivity index (χ0n) is 16.3. The molecule has 1 N–H and O–H groups in total. The van der Waals surface area contributed by atoms with E-state index in [1.165, 1.54) is 11.3 Å². The van der Waals surface area contributed by atoms with Crippen molar-refractivity contribution in [1.82, 2.24) is 29.7 Å². The van der Waals surface area contributed by atoms with Crippen molar-refractivity contribution in [2.24, 2.45) is 0 Å². The zero-order chi connectivity index (χ0) is 22.3. The third-order valence-electron chi connectivity index (χ3n) is 4.59. The molecule has 0 aliphatic heterocycles. The van der Waals surface area contributed by atoms with E-state index < -0.39 is 23.8 Å². The van der Waals surface area contributed by atoms with Gasteiger partial charge < -0.3 is 5.32 Å². The Morgan fingerprint density at radius 1 is 1.32 bits per heavy atom. The largest absolute Gasteiger partial charge is 0.433 e. The number of alkyl halides is 3. The number of aromatic nitrogens is 5. The van der Waals surface area contributed by atoms with Crippen LogP contribution in [0.3, 0.4) is 0 Å². The summed E-state index contributed by atoms with van der Waals surface area (Å²) in [6.07, 6.45) is -2.96. The van der Waals surface area contributed by atoms with Gasteiger partial charge in [-0.25, -0.2) is 9.50 Å². The number of halogens is 4. The number of carbonyl (C=O) groups excluding carboxylic acids is 1. The molecule has 7 nitrogen and oxygen atoms in total. The van der Waals surface area contributed by atoms with Crippen LogP contribution in [0.5, 0.6) is 0 Å². The van der Waals surface area contributed by atoms with Gasteiger partial charge in [-0.05, 0) is 37.4 Å². The Balaban J connectivity index is 1.75. The summed E-state index contributed by atoms with van der Waals surface area (Å²) in [6.45, 7) is 4.29. The Morgan fingerprint density at radius 3 is 2.71 bits per heavy atom. The van der Waals surface area contributed by atoms with Crippen LogP contribution in [0.25, 0.3) is 16.2 Å². The van der Waals surface area contributed by atoms with Gasteiger partial charge in [-0.2, -0.15) is 23.4 Å². The molecular weight excluding hydrogens is 453 g/mol. The average Bonchev–Trinajstić information content (AvgIpc) is 3.47. The lowest BCUT2D eigenvalue weighted by atomic mass is 10.2. The first-order chi connectivity index (χ1) is 14.7. The van der Waals surface area contributed by atoms with Crippen LogP contribution >= 0.6 is 22.9 Å². The van der Waals surface area contributed by atoms with Crippen LogP contribution in [0.2, 0.25) is 5.02 Å². The fourth-order valence-corrected chi connectivity index (χ4v) is 3.94. The lowest BCUT2D eigenvalue weighted by molar-refractivity contribution is -0.142. The van der Waals surface area contributed by atoms with Crippen molar-refractivity contribution in [1.29, 1.82) is 0 Å². The number of amides is 1. The molecule has 0 unspecified atom stereocenters. The minimum Gasteiger partial charge on any atom is -0.342 e. The zero-order valence-corrected chi connectivity index (χ0v) is 17.9. The minimum atomic E-state index is -4.73. The van der Waals surface area contributed by atoms with Crippen LogP contribution in [0.1, 0.15) is 41.8 Å². The average molecular weight is 469 g/mol. The number of hydrogen-bond acceptors (Lipinski definition) is 5. The number of aryl methyl sites for hydroxylation is 1. The van der Waals surface area contributed by atoms with Crippen molar-refractivity contribution in [3.8, 4) is 10.6 Å². The summed E-state index contributed by atoms with van der Waals surface area (Å²) in [6, 6.07) is 5.49. The van der Waals surface area contributed by atoms with E-state index in [0.29, 0.717) is 21.6 Å². The second-order valence-electron chi connectivity index (χ2n) is 6.69. The highest BCUT2D eigenvalue weighted by molar-refractivity contribution is 7.13. The molecule has 12 heteroatoms. The molecule has 0 bridgehead atoms. The number of rotatable bonds is 5. The summed E-state index contributed by atoms with van der Waals surface area (Å²) >= 11 is 7.52. The number of nitrogens with zero attached hydrogens (tertiary/aromatic N) is 5. The predicted octanol–water partition coefficient (Wildman–Crippen LogP) is 4.84. The van der Waals surface area contributed by atoms with E-state index in [4.69, 9.17) is 11.6 Å². The highest BCUT2D eigenvalue weighted by Gasteiger charge is 2.37. The topological polar surface area (TPSA) is 77.1 Å². The number of hydrogen-bond donors (Lipinski definition) is 1. The molecule has 4 aromatic heterocycles. The van der Waals surface area contributed by atoms with Crippen molar-refractivity contribution in [3.05, 3.63) is 57.9 Å². The highest BCUT2D eigenvalue weighted by atomic mass is 35.5. The maximum Gasteiger partial charge on any atom is 0.433 e. The standard InChI is InChI=1S/C19H16ClF3N6OS/c1-3-28-7-6-11(26-28)10(2)24-18(30)16-15(20)17-25-12(13-5-4-8-31-13)9-14(19(21,22)23)29(17)27-16/h4-10H,3H2,1-2H3,(H,24,30)/t10-/m1/s1. The predicted molar refractivity (Wildman–Crippen MR) is 110 cm³/mol. The third kappa shape index (κ3) is 4.02. The molecule has 0 aromatic carbocycles. The van der Waals surface area contributed by atoms with Gasteiger partial charge in [0.15, 0.2) is 17.0 Å². The summed E-state index contributed by atoms with van der Waals surface area (Å²) in [5, 5.41) is 12.3. The van der Waals surface area contributed by atoms with Crippen LogP contribution in [0.4, 0.5) is 13.2 Å². The number of nitrogens with one attached hydrogen (secondary N) is 1. The van der Waals surface area contributed by atoms with Gasteiger partial charge in [0.2, 0.25) is 0 Å². The molecule has 0 aliphatic carbocycles. The smallest absolute Gasteiger partial charge is 0.342 e. The molecule has 4 heterocycles. The summed E-state index contributed by atoms with van der Waals surface area (Å²) in [7, 11) is 0. The Bertz CT molecular complexity index is 1250. The highest BCUT2D eigenvalue weighted by Crippen LogP contribution is 2.35. The summed E-state index contributed by atoms with van der Waals surface area (Å²) in [4.78, 5) is 17.5. The molecule has 1 atom stereocenters. The molecular formula is C19H16ClF3N6OS. The summed E-state index contributed by atoms with van der Waals surface area (Å²) in [5.41, 5.74) is -0.958. The fraction of sp³-hybridized carbons (Fsp3) is 0.263. The van der Waals surface area contributed by atoms with Gasteiger partial charge in [0.1, 0.15) is 5.02 Å². The maximum absolute atomic E-state index is 13.7. The van der Waals surface area contributed by atoms with Crippen molar-refractivity contribution in [3.63, 3.8) is 0 Å². The fourth-order valence-electron chi connectivity index (χ4n) is 3.01. The molecule has 0 spiro atoms. The molecule has 1 amide bonds. The van der Waals surface area contributed by atoms with Gasteiger partial charge in [0, 0.05) is 12.7 Å². The lowest BCUT2D eigenvalue weighted by Gasteiger charge is -2.10. The molecule has 0 aliphatic rings. The van der Waals surface area contributed by atoms with Gasteiger partial charge in [-0.3, -0.25) is 9.48 Å². The first-order valence-corrected chi connectivity index (χ1v) is 10.5. The van der Waals surface area contributed by atoms with Crippen molar-refractivity contribution >= 4 is 34.5 Å². The molecule has 0 fully saturated rings. The number of carbonyl (C=O) groups is 1. The van der Waals surface area contributed by atoms with E-state index in [0.717, 1.165) is 6.07 Å². The molecule has 0 radical (unpaired) electrons. The maximum atomic E-state index is 13.7. The van der Waals surface area contributed by atoms with Crippen LogP contribution in [0.15, 0.2) is 35.8 Å². The van der Waals surface area contributed by atoms with Crippen LogP contribution < -0.4 is 5.32 Å². The normalized spacial score (nSPS) is 13.0. The molecule has 31 heavy (non-hydrogen) atoms. The number of fused-ring (bicyclic) bond motifs is 1. The molecule has 162 valence electrons. The summed E-state index contributed by atoms with van der Waals surface area (Å²) in [5.74, 6) is -0.722. The molecule has 4 rings (SSSR count). The first-order valence-electron chi connectivity index (χ1n) is 9.23. The van der Waals surface area contributed by atoms with Crippen molar-refractivity contribution in [2.45, 2.75) is 32.6 Å². The number of thiophene rings is 1. The van der Waals surface area contributed by atoms with E-state index in [9.17, 15) is 18.0 Å². The van der Waals surface area contributed by atoms with Gasteiger partial charge in [0.25, 0.3) is 5.91 Å². The van der Waals surface area contributed by atoms with E-state index in [2.05, 4.69) is 20.5 Å².